The molecule has 0 spiro atoms. The van der Waals surface area contributed by atoms with Crippen LogP contribution in [0.5, 0.6) is 0 Å². The van der Waals surface area contributed by atoms with Crippen LogP contribution >= 0.6 is 0 Å². The van der Waals surface area contributed by atoms with E-state index in [9.17, 15) is 9.18 Å². The summed E-state index contributed by atoms with van der Waals surface area (Å²) in [6, 6.07) is 8.14. The molecule has 6 nitrogen and oxygen atoms in total. The molecule has 0 saturated carbocycles. The molecule has 1 fully saturated rings. The number of rotatable bonds is 3. The first-order chi connectivity index (χ1) is 11.7. The molecule has 1 saturated heterocycles. The van der Waals surface area contributed by atoms with Gasteiger partial charge in [0.25, 0.3) is 5.78 Å². The number of fused-ring (bicyclic) bond motifs is 1. The number of amides is 1. The molecule has 0 aliphatic carbocycles. The van der Waals surface area contributed by atoms with Crippen molar-refractivity contribution in [2.75, 3.05) is 6.54 Å². The summed E-state index contributed by atoms with van der Waals surface area (Å²) in [5.74, 6) is 0.601. The Labute approximate surface area is 138 Å². The van der Waals surface area contributed by atoms with Gasteiger partial charge in [0, 0.05) is 18.9 Å². The lowest BCUT2D eigenvalue weighted by atomic mass is 10.0. The van der Waals surface area contributed by atoms with Crippen molar-refractivity contribution in [2.24, 2.45) is 0 Å². The molecule has 3 aromatic rings. The van der Waals surface area contributed by atoms with E-state index in [0.717, 1.165) is 18.4 Å². The molecule has 0 bridgehead atoms. The Hall–Kier alpha value is -2.83. The minimum Gasteiger partial charge on any atom is -0.335 e. The molecule has 1 atom stereocenters. The van der Waals surface area contributed by atoms with Crippen molar-refractivity contribution in [3.05, 3.63) is 59.9 Å². The quantitative estimate of drug-likeness (QED) is 0.740. The molecule has 1 aliphatic heterocycles. The average molecular weight is 325 g/mol. The van der Waals surface area contributed by atoms with E-state index in [4.69, 9.17) is 0 Å². The monoisotopic (exact) mass is 325 g/mol. The lowest BCUT2D eigenvalue weighted by molar-refractivity contribution is -0.131. The lowest BCUT2D eigenvalue weighted by Crippen LogP contribution is -2.32. The van der Waals surface area contributed by atoms with Crippen molar-refractivity contribution in [3.8, 4) is 0 Å². The molecule has 1 unspecified atom stereocenters. The lowest BCUT2D eigenvalue weighted by Gasteiger charge is -2.24. The fourth-order valence-corrected chi connectivity index (χ4v) is 3.21. The number of benzene rings is 1. The van der Waals surface area contributed by atoms with Gasteiger partial charge in [-0.1, -0.05) is 12.1 Å². The van der Waals surface area contributed by atoms with E-state index in [1.807, 2.05) is 6.07 Å². The summed E-state index contributed by atoms with van der Waals surface area (Å²) in [6.07, 6.45) is 5.25. The normalized spacial score (nSPS) is 17.5. The SMILES string of the molecule is O=C(Cc1nc2ncccn2n1)N1CCCC1c1cccc(F)c1. The summed E-state index contributed by atoms with van der Waals surface area (Å²) in [4.78, 5) is 22.9. The Morgan fingerprint density at radius 1 is 1.33 bits per heavy atom. The Morgan fingerprint density at radius 3 is 3.08 bits per heavy atom. The van der Waals surface area contributed by atoms with Crippen LogP contribution < -0.4 is 0 Å². The largest absolute Gasteiger partial charge is 0.335 e. The number of likely N-dealkylation sites (tertiary alicyclic amines) is 1. The van der Waals surface area contributed by atoms with Crippen LogP contribution in [0.3, 0.4) is 0 Å². The smallest absolute Gasteiger partial charge is 0.252 e. The topological polar surface area (TPSA) is 63.4 Å². The molecule has 2 aromatic heterocycles. The van der Waals surface area contributed by atoms with Crippen LogP contribution in [-0.2, 0) is 11.2 Å². The van der Waals surface area contributed by atoms with E-state index in [1.54, 1.807) is 33.9 Å². The third-order valence-electron chi connectivity index (χ3n) is 4.28. The summed E-state index contributed by atoms with van der Waals surface area (Å²) in [6.45, 7) is 0.672. The third-order valence-corrected chi connectivity index (χ3v) is 4.28. The van der Waals surface area contributed by atoms with Crippen molar-refractivity contribution < 1.29 is 9.18 Å². The molecule has 0 radical (unpaired) electrons. The molecular weight excluding hydrogens is 309 g/mol. The first-order valence-electron chi connectivity index (χ1n) is 7.92. The van der Waals surface area contributed by atoms with Crippen molar-refractivity contribution in [1.82, 2.24) is 24.5 Å². The van der Waals surface area contributed by atoms with Gasteiger partial charge in [0.05, 0.1) is 12.5 Å². The average Bonchev–Trinajstić information content (AvgIpc) is 3.21. The van der Waals surface area contributed by atoms with Gasteiger partial charge in [-0.15, -0.1) is 5.10 Å². The van der Waals surface area contributed by atoms with Gasteiger partial charge >= 0.3 is 0 Å². The fourth-order valence-electron chi connectivity index (χ4n) is 3.21. The fraction of sp³-hybridized carbons (Fsp3) is 0.294. The Bertz CT molecular complexity index is 860. The first kappa shape index (κ1) is 14.7. The molecular formula is C17H16FN5O. The van der Waals surface area contributed by atoms with E-state index in [0.29, 0.717) is 18.1 Å². The predicted molar refractivity (Wildman–Crippen MR) is 84.6 cm³/mol. The van der Waals surface area contributed by atoms with Crippen LogP contribution in [0, 0.1) is 5.82 Å². The Morgan fingerprint density at radius 2 is 2.25 bits per heavy atom. The van der Waals surface area contributed by atoms with Gasteiger partial charge in [0.2, 0.25) is 5.91 Å². The number of carbonyl (C=O) groups excluding carboxylic acids is 1. The standard InChI is InChI=1S/C17H16FN5O/c18-13-5-1-4-12(10-13)14-6-2-8-22(14)16(24)11-15-20-17-19-7-3-9-23(17)21-15/h1,3-5,7,9-10,14H,2,6,8,11H2. The van der Waals surface area contributed by atoms with Gasteiger partial charge in [-0.2, -0.15) is 4.98 Å². The van der Waals surface area contributed by atoms with Gasteiger partial charge in [-0.3, -0.25) is 4.79 Å². The maximum absolute atomic E-state index is 13.5. The Balaban J connectivity index is 1.54. The minimum atomic E-state index is -0.278. The van der Waals surface area contributed by atoms with Crippen LogP contribution in [0.1, 0.15) is 30.3 Å². The van der Waals surface area contributed by atoms with Gasteiger partial charge in [-0.05, 0) is 36.6 Å². The number of halogens is 1. The number of nitrogens with zero attached hydrogens (tertiary/aromatic N) is 5. The second-order valence-electron chi connectivity index (χ2n) is 5.87. The highest BCUT2D eigenvalue weighted by Crippen LogP contribution is 2.32. The van der Waals surface area contributed by atoms with Crippen molar-refractivity contribution in [1.29, 1.82) is 0 Å². The van der Waals surface area contributed by atoms with Crippen molar-refractivity contribution >= 4 is 11.7 Å². The van der Waals surface area contributed by atoms with Crippen LogP contribution in [-0.4, -0.2) is 36.9 Å². The van der Waals surface area contributed by atoms with Crippen LogP contribution in [0.4, 0.5) is 4.39 Å². The van der Waals surface area contributed by atoms with E-state index in [2.05, 4.69) is 15.1 Å². The molecule has 122 valence electrons. The predicted octanol–water partition coefficient (Wildman–Crippen LogP) is 2.17. The highest BCUT2D eigenvalue weighted by atomic mass is 19.1. The van der Waals surface area contributed by atoms with Crippen LogP contribution in [0.25, 0.3) is 5.78 Å². The zero-order valence-electron chi connectivity index (χ0n) is 13.0. The summed E-state index contributed by atoms with van der Waals surface area (Å²) in [5.41, 5.74) is 0.838. The maximum Gasteiger partial charge on any atom is 0.252 e. The molecule has 1 aliphatic rings. The number of carbonyl (C=O) groups is 1. The molecule has 0 N–H and O–H groups in total. The van der Waals surface area contributed by atoms with Gasteiger partial charge in [0.1, 0.15) is 5.82 Å². The van der Waals surface area contributed by atoms with Gasteiger partial charge in [0.15, 0.2) is 5.82 Å². The molecule has 24 heavy (non-hydrogen) atoms. The first-order valence-corrected chi connectivity index (χ1v) is 7.92. The zero-order valence-corrected chi connectivity index (χ0v) is 13.0. The zero-order chi connectivity index (χ0) is 16.5. The van der Waals surface area contributed by atoms with E-state index >= 15 is 0 Å². The van der Waals surface area contributed by atoms with Gasteiger partial charge < -0.3 is 4.90 Å². The highest BCUT2D eigenvalue weighted by Gasteiger charge is 2.30. The summed E-state index contributed by atoms with van der Waals surface area (Å²) in [7, 11) is 0. The molecule has 1 amide bonds. The van der Waals surface area contributed by atoms with E-state index in [1.165, 1.54) is 12.1 Å². The van der Waals surface area contributed by atoms with E-state index in [-0.39, 0.29) is 24.2 Å². The second-order valence-corrected chi connectivity index (χ2v) is 5.87. The van der Waals surface area contributed by atoms with Crippen molar-refractivity contribution in [3.63, 3.8) is 0 Å². The van der Waals surface area contributed by atoms with Gasteiger partial charge in [-0.25, -0.2) is 13.9 Å². The number of hydrogen-bond acceptors (Lipinski definition) is 4. The van der Waals surface area contributed by atoms with Crippen molar-refractivity contribution in [2.45, 2.75) is 25.3 Å². The van der Waals surface area contributed by atoms with Crippen LogP contribution in [0.2, 0.25) is 0 Å². The summed E-state index contributed by atoms with van der Waals surface area (Å²) < 4.78 is 15.0. The molecule has 4 rings (SSSR count). The number of hydrogen-bond donors (Lipinski definition) is 0. The summed E-state index contributed by atoms with van der Waals surface area (Å²) in [5, 5.41) is 4.27. The minimum absolute atomic E-state index is 0.0438. The molecule has 7 heteroatoms. The summed E-state index contributed by atoms with van der Waals surface area (Å²) >= 11 is 0. The van der Waals surface area contributed by atoms with Crippen LogP contribution in [0.15, 0.2) is 42.7 Å². The maximum atomic E-state index is 13.5. The second kappa shape index (κ2) is 5.99. The third kappa shape index (κ3) is 2.73. The Kier molecular flexibility index (Phi) is 3.68. The van der Waals surface area contributed by atoms with E-state index < -0.39 is 0 Å². The molecule has 1 aromatic carbocycles. The molecule has 3 heterocycles. The highest BCUT2D eigenvalue weighted by molar-refractivity contribution is 5.79. The number of aromatic nitrogens is 4.